The summed E-state index contributed by atoms with van der Waals surface area (Å²) in [4.78, 5) is 42.3. The zero-order chi connectivity index (χ0) is 29.3. The Morgan fingerprint density at radius 2 is 1.62 bits per heavy atom. The molecule has 3 amide bonds. The van der Waals surface area contributed by atoms with Crippen molar-refractivity contribution in [3.05, 3.63) is 77.9 Å². The molecule has 0 aromatic heterocycles. The van der Waals surface area contributed by atoms with E-state index in [2.05, 4.69) is 30.2 Å². The summed E-state index contributed by atoms with van der Waals surface area (Å²) in [5.74, 6) is -0.668. The van der Waals surface area contributed by atoms with E-state index in [4.69, 9.17) is 4.74 Å². The van der Waals surface area contributed by atoms with Crippen molar-refractivity contribution < 1.29 is 19.1 Å². The first-order valence-corrected chi connectivity index (χ1v) is 14.4. The van der Waals surface area contributed by atoms with Crippen LogP contribution in [-0.2, 0) is 14.3 Å². The van der Waals surface area contributed by atoms with Crippen LogP contribution in [0.1, 0.15) is 64.1 Å². The molecular weight excluding hydrogens is 522 g/mol. The molecule has 0 heterocycles. The van der Waals surface area contributed by atoms with Crippen LogP contribution in [0.4, 0.5) is 10.5 Å². The van der Waals surface area contributed by atoms with Gasteiger partial charge in [0.15, 0.2) is 0 Å². The van der Waals surface area contributed by atoms with Gasteiger partial charge in [-0.25, -0.2) is 4.79 Å². The van der Waals surface area contributed by atoms with Crippen molar-refractivity contribution in [1.82, 2.24) is 10.2 Å². The van der Waals surface area contributed by atoms with Crippen molar-refractivity contribution >= 4 is 47.0 Å². The summed E-state index contributed by atoms with van der Waals surface area (Å²) in [6.45, 7) is 9.62. The smallest absolute Gasteiger partial charge is 0.408 e. The summed E-state index contributed by atoms with van der Waals surface area (Å²) in [6.07, 6.45) is 1.84. The highest BCUT2D eigenvalue weighted by atomic mass is 32.1. The Hall–Kier alpha value is -3.52. The summed E-state index contributed by atoms with van der Waals surface area (Å²) < 4.78 is 5.39. The summed E-state index contributed by atoms with van der Waals surface area (Å²) in [6, 6.07) is 19.3. The minimum absolute atomic E-state index is 0.0507. The molecule has 7 nitrogen and oxygen atoms in total. The van der Waals surface area contributed by atoms with Crippen molar-refractivity contribution in [2.45, 2.75) is 71.6 Å². The van der Waals surface area contributed by atoms with Crippen LogP contribution in [0.5, 0.6) is 0 Å². The Balaban J connectivity index is 1.99. The third-order valence-corrected chi connectivity index (χ3v) is 6.88. The Morgan fingerprint density at radius 3 is 2.27 bits per heavy atom. The predicted molar refractivity (Wildman–Crippen MR) is 165 cm³/mol. The summed E-state index contributed by atoms with van der Waals surface area (Å²) in [5.41, 5.74) is 1.53. The van der Waals surface area contributed by atoms with Gasteiger partial charge in [-0.3, -0.25) is 9.59 Å². The molecule has 0 bridgehead atoms. The van der Waals surface area contributed by atoms with E-state index >= 15 is 0 Å². The number of nitrogens with zero attached hydrogens (tertiary/aromatic N) is 1. The molecule has 3 aromatic rings. The molecule has 0 saturated heterocycles. The molecule has 3 rings (SSSR count). The van der Waals surface area contributed by atoms with Gasteiger partial charge in [-0.2, -0.15) is 12.6 Å². The average Bonchev–Trinajstić information content (AvgIpc) is 2.90. The number of ether oxygens (including phenoxy) is 1. The minimum atomic E-state index is -0.972. The monoisotopic (exact) mass is 563 g/mol. The number of anilines is 1. The highest BCUT2D eigenvalue weighted by Gasteiger charge is 2.36. The second-order valence-electron chi connectivity index (χ2n) is 10.9. The Kier molecular flexibility index (Phi) is 11.0. The summed E-state index contributed by atoms with van der Waals surface area (Å²) in [5, 5.41) is 7.78. The molecule has 214 valence electrons. The zero-order valence-corrected chi connectivity index (χ0v) is 25.0. The first-order valence-electron chi connectivity index (χ1n) is 13.8. The van der Waals surface area contributed by atoms with Crippen LogP contribution in [0.3, 0.4) is 0 Å². The quantitative estimate of drug-likeness (QED) is 0.180. The van der Waals surface area contributed by atoms with Crippen LogP contribution in [0.15, 0.2) is 66.7 Å². The van der Waals surface area contributed by atoms with E-state index in [1.807, 2.05) is 73.7 Å². The molecule has 2 N–H and O–H groups in total. The normalized spacial score (nSPS) is 12.8. The number of nitrogens with one attached hydrogen (secondary N) is 2. The number of fused-ring (bicyclic) bond motifs is 1. The van der Waals surface area contributed by atoms with Gasteiger partial charge in [0.1, 0.15) is 17.7 Å². The predicted octanol–water partition coefficient (Wildman–Crippen LogP) is 6.67. The van der Waals surface area contributed by atoms with Gasteiger partial charge >= 0.3 is 6.09 Å². The number of hydrogen-bond donors (Lipinski definition) is 3. The molecule has 0 saturated carbocycles. The van der Waals surface area contributed by atoms with Crippen molar-refractivity contribution in [2.75, 3.05) is 17.6 Å². The average molecular weight is 564 g/mol. The lowest BCUT2D eigenvalue weighted by Gasteiger charge is -2.35. The number of thiol groups is 1. The first kappa shape index (κ1) is 31.0. The van der Waals surface area contributed by atoms with E-state index in [1.165, 1.54) is 0 Å². The van der Waals surface area contributed by atoms with Crippen LogP contribution in [0.2, 0.25) is 0 Å². The SMILES string of the molecule is CCCCCN(C(=O)C(CS)NC(=O)OC(C)(C)C)C(C(=O)Nc1ccc2ccccc2c1)c1ccccc1C. The molecule has 0 spiro atoms. The maximum Gasteiger partial charge on any atom is 0.408 e. The van der Waals surface area contributed by atoms with Gasteiger partial charge in [-0.05, 0) is 68.1 Å². The topological polar surface area (TPSA) is 87.7 Å². The molecule has 8 heteroatoms. The molecule has 3 aromatic carbocycles. The molecule has 40 heavy (non-hydrogen) atoms. The lowest BCUT2D eigenvalue weighted by atomic mass is 9.97. The second kappa shape index (κ2) is 14.2. The van der Waals surface area contributed by atoms with Crippen LogP contribution < -0.4 is 10.6 Å². The minimum Gasteiger partial charge on any atom is -0.444 e. The van der Waals surface area contributed by atoms with Crippen molar-refractivity contribution in [3.8, 4) is 0 Å². The molecule has 0 aliphatic rings. The van der Waals surface area contributed by atoms with E-state index < -0.39 is 23.8 Å². The maximum absolute atomic E-state index is 14.1. The van der Waals surface area contributed by atoms with E-state index in [0.717, 1.165) is 34.7 Å². The highest BCUT2D eigenvalue weighted by Crippen LogP contribution is 2.28. The van der Waals surface area contributed by atoms with Crippen LogP contribution >= 0.6 is 12.6 Å². The first-order chi connectivity index (χ1) is 19.0. The maximum atomic E-state index is 14.1. The van der Waals surface area contributed by atoms with Crippen molar-refractivity contribution in [1.29, 1.82) is 0 Å². The molecule has 0 radical (unpaired) electrons. The number of rotatable bonds is 11. The van der Waals surface area contributed by atoms with Crippen LogP contribution in [-0.4, -0.2) is 46.7 Å². The fourth-order valence-corrected chi connectivity index (χ4v) is 4.80. The van der Waals surface area contributed by atoms with Crippen LogP contribution in [0.25, 0.3) is 10.8 Å². The van der Waals surface area contributed by atoms with E-state index in [0.29, 0.717) is 18.7 Å². The van der Waals surface area contributed by atoms with Gasteiger partial charge < -0.3 is 20.3 Å². The fourth-order valence-electron chi connectivity index (χ4n) is 4.56. The fraction of sp³-hybridized carbons (Fsp3) is 0.406. The number of aryl methyl sites for hydroxylation is 1. The molecule has 0 fully saturated rings. The van der Waals surface area contributed by atoms with Gasteiger partial charge in [-0.15, -0.1) is 0 Å². The zero-order valence-electron chi connectivity index (χ0n) is 24.1. The van der Waals surface area contributed by atoms with Crippen LogP contribution in [0, 0.1) is 6.92 Å². The summed E-state index contributed by atoms with van der Waals surface area (Å²) >= 11 is 4.37. The number of carbonyl (C=O) groups is 3. The number of alkyl carbamates (subject to hydrolysis) is 1. The number of benzene rings is 3. The van der Waals surface area contributed by atoms with Gasteiger partial charge in [0.2, 0.25) is 5.91 Å². The Morgan fingerprint density at radius 1 is 0.950 bits per heavy atom. The molecular formula is C32H41N3O4S. The van der Waals surface area contributed by atoms with E-state index in [-0.39, 0.29) is 17.6 Å². The van der Waals surface area contributed by atoms with Crippen molar-refractivity contribution in [2.24, 2.45) is 0 Å². The Bertz CT molecular complexity index is 1320. The third kappa shape index (κ3) is 8.49. The number of hydrogen-bond acceptors (Lipinski definition) is 5. The van der Waals surface area contributed by atoms with Gasteiger partial charge in [0.25, 0.3) is 5.91 Å². The lowest BCUT2D eigenvalue weighted by molar-refractivity contribution is -0.140. The second-order valence-corrected chi connectivity index (χ2v) is 11.3. The van der Waals surface area contributed by atoms with Crippen molar-refractivity contribution in [3.63, 3.8) is 0 Å². The van der Waals surface area contributed by atoms with Gasteiger partial charge in [-0.1, -0.05) is 74.4 Å². The van der Waals surface area contributed by atoms with E-state index in [9.17, 15) is 14.4 Å². The molecule has 0 aliphatic heterocycles. The largest absolute Gasteiger partial charge is 0.444 e. The lowest BCUT2D eigenvalue weighted by Crippen LogP contribution is -2.53. The standard InChI is InChI=1S/C32H41N3O4S/c1-6-7-12-19-35(30(37)27(21-40)34-31(38)39-32(3,4)5)28(26-16-11-8-13-22(26)2)29(36)33-25-18-17-23-14-9-10-15-24(23)20-25/h8-11,13-18,20,27-28,40H,6-7,12,19,21H2,1-5H3,(H,33,36)(H,34,38). The summed E-state index contributed by atoms with van der Waals surface area (Å²) in [7, 11) is 0. The van der Waals surface area contributed by atoms with E-state index in [1.54, 1.807) is 25.7 Å². The van der Waals surface area contributed by atoms with Gasteiger partial charge in [0, 0.05) is 18.0 Å². The number of amides is 3. The molecule has 0 aliphatic carbocycles. The Labute approximate surface area is 243 Å². The number of carbonyl (C=O) groups excluding carboxylic acids is 3. The molecule has 2 atom stereocenters. The highest BCUT2D eigenvalue weighted by molar-refractivity contribution is 7.80. The number of unbranched alkanes of at least 4 members (excludes halogenated alkanes) is 2. The third-order valence-electron chi connectivity index (χ3n) is 6.52. The van der Waals surface area contributed by atoms with Gasteiger partial charge in [0.05, 0.1) is 0 Å². The molecule has 2 unspecified atom stereocenters.